The minimum absolute atomic E-state index is 0.565. The quantitative estimate of drug-likeness (QED) is 0.710. The third-order valence-electron chi connectivity index (χ3n) is 3.66. The first kappa shape index (κ1) is 16.6. The summed E-state index contributed by atoms with van der Waals surface area (Å²) in [5.41, 5.74) is 2.50. The molecule has 25 heavy (non-hydrogen) atoms. The predicted octanol–water partition coefficient (Wildman–Crippen LogP) is 3.43. The highest BCUT2D eigenvalue weighted by molar-refractivity contribution is 5.73. The smallest absolute Gasteiger partial charge is 0.142 e. The molecule has 0 aliphatic carbocycles. The number of rotatable bonds is 7. The molecule has 7 heteroatoms. The van der Waals surface area contributed by atoms with Crippen LogP contribution in [0.3, 0.4) is 0 Å². The summed E-state index contributed by atoms with van der Waals surface area (Å²) in [6, 6.07) is 11.4. The Kier molecular flexibility index (Phi) is 5.03. The largest absolute Gasteiger partial charge is 0.497 e. The van der Waals surface area contributed by atoms with Crippen molar-refractivity contribution in [3.63, 3.8) is 0 Å². The number of methoxy groups -OCH3 is 2. The van der Waals surface area contributed by atoms with Crippen molar-refractivity contribution in [2.24, 2.45) is 0 Å². The van der Waals surface area contributed by atoms with E-state index < -0.39 is 0 Å². The van der Waals surface area contributed by atoms with Gasteiger partial charge in [0.25, 0.3) is 0 Å². The number of nitrogens with zero attached hydrogens (tertiary/aromatic N) is 3. The van der Waals surface area contributed by atoms with Gasteiger partial charge < -0.3 is 19.5 Å². The minimum Gasteiger partial charge on any atom is -0.497 e. The van der Waals surface area contributed by atoms with E-state index in [1.54, 1.807) is 26.9 Å². The van der Waals surface area contributed by atoms with Gasteiger partial charge in [-0.3, -0.25) is 4.57 Å². The Morgan fingerprint density at radius 1 is 0.920 bits per heavy atom. The zero-order chi connectivity index (χ0) is 17.6. The van der Waals surface area contributed by atoms with Gasteiger partial charge in [-0.15, -0.1) is 10.2 Å². The molecule has 130 valence electrons. The summed E-state index contributed by atoms with van der Waals surface area (Å²) in [5.74, 6) is 2.18. The van der Waals surface area contributed by atoms with Crippen molar-refractivity contribution in [3.8, 4) is 22.9 Å². The van der Waals surface area contributed by atoms with Gasteiger partial charge in [-0.05, 0) is 37.3 Å². The average Bonchev–Trinajstić information content (AvgIpc) is 3.18. The molecule has 3 aromatic rings. The van der Waals surface area contributed by atoms with Crippen LogP contribution in [0.4, 0.5) is 11.4 Å². The van der Waals surface area contributed by atoms with E-state index in [0.29, 0.717) is 12.4 Å². The van der Waals surface area contributed by atoms with Crippen LogP contribution < -0.4 is 19.5 Å². The Morgan fingerprint density at radius 3 is 2.32 bits per heavy atom. The van der Waals surface area contributed by atoms with Gasteiger partial charge >= 0.3 is 0 Å². The summed E-state index contributed by atoms with van der Waals surface area (Å²) < 4.78 is 18.3. The van der Waals surface area contributed by atoms with Gasteiger partial charge in [-0.2, -0.15) is 0 Å². The molecule has 0 aliphatic rings. The second kappa shape index (κ2) is 7.57. The van der Waals surface area contributed by atoms with E-state index in [2.05, 4.69) is 15.5 Å². The predicted molar refractivity (Wildman–Crippen MR) is 95.4 cm³/mol. The summed E-state index contributed by atoms with van der Waals surface area (Å²) in [4.78, 5) is 0. The average molecular weight is 340 g/mol. The third-order valence-corrected chi connectivity index (χ3v) is 3.66. The summed E-state index contributed by atoms with van der Waals surface area (Å²) in [6.07, 6.45) is 3.29. The molecule has 0 aliphatic heterocycles. The van der Waals surface area contributed by atoms with Crippen LogP contribution in [0, 0.1) is 0 Å². The lowest BCUT2D eigenvalue weighted by atomic mass is 10.2. The summed E-state index contributed by atoms with van der Waals surface area (Å²) in [7, 11) is 3.26. The van der Waals surface area contributed by atoms with Gasteiger partial charge in [0, 0.05) is 6.07 Å². The van der Waals surface area contributed by atoms with Gasteiger partial charge in [0.2, 0.25) is 0 Å². The monoisotopic (exact) mass is 340 g/mol. The van der Waals surface area contributed by atoms with E-state index in [-0.39, 0.29) is 0 Å². The van der Waals surface area contributed by atoms with Crippen LogP contribution in [0.15, 0.2) is 49.1 Å². The van der Waals surface area contributed by atoms with Crippen LogP contribution in [0.25, 0.3) is 5.69 Å². The molecule has 7 nitrogen and oxygen atoms in total. The van der Waals surface area contributed by atoms with Crippen LogP contribution in [-0.4, -0.2) is 35.6 Å². The van der Waals surface area contributed by atoms with Crippen LogP contribution in [0.2, 0.25) is 0 Å². The summed E-state index contributed by atoms with van der Waals surface area (Å²) >= 11 is 0. The van der Waals surface area contributed by atoms with E-state index in [1.165, 1.54) is 0 Å². The third kappa shape index (κ3) is 3.65. The normalized spacial score (nSPS) is 10.4. The number of anilines is 2. The Balaban J connectivity index is 2.01. The molecule has 0 radical (unpaired) electrons. The topological polar surface area (TPSA) is 70.4 Å². The van der Waals surface area contributed by atoms with Crippen molar-refractivity contribution in [2.75, 3.05) is 26.1 Å². The number of hydrogen-bond acceptors (Lipinski definition) is 6. The van der Waals surface area contributed by atoms with Crippen LogP contribution in [0.1, 0.15) is 6.92 Å². The highest BCUT2D eigenvalue weighted by Gasteiger charge is 2.11. The zero-order valence-electron chi connectivity index (χ0n) is 14.4. The molecular weight excluding hydrogens is 320 g/mol. The number of benzene rings is 2. The second-order valence-corrected chi connectivity index (χ2v) is 5.17. The molecule has 3 rings (SSSR count). The summed E-state index contributed by atoms with van der Waals surface area (Å²) in [5, 5.41) is 11.1. The van der Waals surface area contributed by atoms with Crippen LogP contribution in [0.5, 0.6) is 17.2 Å². The van der Waals surface area contributed by atoms with Crippen LogP contribution >= 0.6 is 0 Å². The SMILES string of the molecule is CCOc1ccc(-n2cnnc2)cc1Nc1cc(OC)ccc1OC. The second-order valence-electron chi connectivity index (χ2n) is 5.17. The van der Waals surface area contributed by atoms with E-state index in [1.807, 2.05) is 47.9 Å². The molecular formula is C18H20N4O3. The van der Waals surface area contributed by atoms with Gasteiger partial charge in [0.1, 0.15) is 29.9 Å². The first-order chi connectivity index (χ1) is 12.2. The van der Waals surface area contributed by atoms with E-state index in [9.17, 15) is 0 Å². The molecule has 1 aromatic heterocycles. The zero-order valence-corrected chi connectivity index (χ0v) is 14.4. The van der Waals surface area contributed by atoms with Crippen molar-refractivity contribution in [1.29, 1.82) is 0 Å². The maximum Gasteiger partial charge on any atom is 0.142 e. The van der Waals surface area contributed by atoms with Gasteiger partial charge in [0.05, 0.1) is 37.9 Å². The van der Waals surface area contributed by atoms with Gasteiger partial charge in [-0.1, -0.05) is 0 Å². The Morgan fingerprint density at radius 2 is 1.64 bits per heavy atom. The fraction of sp³-hybridized carbons (Fsp3) is 0.222. The number of nitrogens with one attached hydrogen (secondary N) is 1. The maximum atomic E-state index is 5.74. The molecule has 0 fully saturated rings. The van der Waals surface area contributed by atoms with Crippen LogP contribution in [-0.2, 0) is 0 Å². The Hall–Kier alpha value is -3.22. The molecule has 0 bridgehead atoms. The highest BCUT2D eigenvalue weighted by Crippen LogP contribution is 2.36. The molecule has 1 heterocycles. The van der Waals surface area contributed by atoms with E-state index in [0.717, 1.165) is 28.6 Å². The fourth-order valence-electron chi connectivity index (χ4n) is 2.45. The lowest BCUT2D eigenvalue weighted by Crippen LogP contribution is -2.01. The molecule has 0 spiro atoms. The first-order valence-corrected chi connectivity index (χ1v) is 7.86. The molecule has 2 aromatic carbocycles. The lowest BCUT2D eigenvalue weighted by molar-refractivity contribution is 0.342. The van der Waals surface area contributed by atoms with Crippen molar-refractivity contribution in [3.05, 3.63) is 49.1 Å². The maximum absolute atomic E-state index is 5.74. The molecule has 0 saturated carbocycles. The van der Waals surface area contributed by atoms with Crippen molar-refractivity contribution < 1.29 is 14.2 Å². The number of ether oxygens (including phenoxy) is 3. The summed E-state index contributed by atoms with van der Waals surface area (Å²) in [6.45, 7) is 2.51. The van der Waals surface area contributed by atoms with Crippen molar-refractivity contribution in [2.45, 2.75) is 6.92 Å². The molecule has 0 atom stereocenters. The Labute approximate surface area is 146 Å². The van der Waals surface area contributed by atoms with Gasteiger partial charge in [-0.25, -0.2) is 0 Å². The fourth-order valence-corrected chi connectivity index (χ4v) is 2.45. The van der Waals surface area contributed by atoms with Crippen molar-refractivity contribution >= 4 is 11.4 Å². The number of hydrogen-bond donors (Lipinski definition) is 1. The molecule has 0 amide bonds. The van der Waals surface area contributed by atoms with Crippen molar-refractivity contribution in [1.82, 2.24) is 14.8 Å². The highest BCUT2D eigenvalue weighted by atomic mass is 16.5. The number of aromatic nitrogens is 3. The molecule has 0 unspecified atom stereocenters. The minimum atomic E-state index is 0.565. The standard InChI is InChI=1S/C18H20N4O3/c1-4-25-18-7-5-13(22-11-19-20-12-22)9-15(18)21-16-10-14(23-2)6-8-17(16)24-3/h5-12,21H,4H2,1-3H3. The van der Waals surface area contributed by atoms with E-state index >= 15 is 0 Å². The molecule has 1 N–H and O–H groups in total. The van der Waals surface area contributed by atoms with Gasteiger partial charge in [0.15, 0.2) is 0 Å². The first-order valence-electron chi connectivity index (χ1n) is 7.86. The lowest BCUT2D eigenvalue weighted by Gasteiger charge is -2.17. The van der Waals surface area contributed by atoms with E-state index in [4.69, 9.17) is 14.2 Å². The molecule has 0 saturated heterocycles. The Bertz CT molecular complexity index is 834.